The Morgan fingerprint density at radius 3 is 2.65 bits per heavy atom. The molecule has 0 aromatic carbocycles. The van der Waals surface area contributed by atoms with Gasteiger partial charge in [-0.2, -0.15) is 0 Å². The van der Waals surface area contributed by atoms with Gasteiger partial charge in [-0.05, 0) is 56.9 Å². The topological polar surface area (TPSA) is 96.8 Å². The third kappa shape index (κ3) is 4.79. The normalized spacial score (nSPS) is 33.3. The van der Waals surface area contributed by atoms with Crippen LogP contribution in [0.3, 0.4) is 0 Å². The molecule has 1 aromatic rings. The van der Waals surface area contributed by atoms with E-state index in [1.54, 1.807) is 0 Å². The van der Waals surface area contributed by atoms with E-state index in [0.29, 0.717) is 42.2 Å². The average molecular weight is 480 g/mol. The molecule has 4 unspecified atom stereocenters. The second-order valence-electron chi connectivity index (χ2n) is 10.5. The number of anilines is 1. The minimum absolute atomic E-state index is 0.0866. The molecule has 3 N–H and O–H groups in total. The number of rotatable bonds is 7. The molecule has 4 fully saturated rings. The fraction of sp³-hybridized carbons (Fsp3) is 0.708. The number of hydrogen-bond acceptors (Lipinski definition) is 7. The van der Waals surface area contributed by atoms with Crippen molar-refractivity contribution in [1.29, 1.82) is 5.41 Å². The van der Waals surface area contributed by atoms with Crippen molar-refractivity contribution in [2.45, 2.75) is 64.0 Å². The number of aromatic nitrogens is 1. The Balaban J connectivity index is 1.25. The molecule has 5 rings (SSSR count). The molecule has 2 aliphatic heterocycles. The quantitative estimate of drug-likeness (QED) is 0.578. The third-order valence-electron chi connectivity index (χ3n) is 7.72. The van der Waals surface area contributed by atoms with Crippen LogP contribution in [0.2, 0.25) is 0 Å². The van der Waals surface area contributed by atoms with Gasteiger partial charge in [-0.25, -0.2) is 4.98 Å². The van der Waals surface area contributed by atoms with E-state index in [-0.39, 0.29) is 23.1 Å². The van der Waals surface area contributed by atoms with E-state index in [1.165, 1.54) is 12.6 Å². The molecule has 1 aromatic heterocycles. The number of alkyl halides is 3. The Hall–Kier alpha value is -2.20. The van der Waals surface area contributed by atoms with Crippen molar-refractivity contribution in [2.75, 3.05) is 25.5 Å². The van der Waals surface area contributed by atoms with E-state index >= 15 is 0 Å². The minimum atomic E-state index is -4.87. The van der Waals surface area contributed by atoms with Gasteiger partial charge in [-0.1, -0.05) is 0 Å². The third-order valence-corrected chi connectivity index (χ3v) is 7.72. The lowest BCUT2D eigenvalue weighted by Crippen LogP contribution is -2.40. The molecule has 7 nitrogen and oxygen atoms in total. The Labute approximate surface area is 197 Å². The molecule has 2 saturated heterocycles. The maximum absolute atomic E-state index is 12.7. The highest BCUT2D eigenvalue weighted by Gasteiger charge is 2.59. The van der Waals surface area contributed by atoms with Crippen LogP contribution < -0.4 is 10.5 Å². The first-order chi connectivity index (χ1) is 16.1. The lowest BCUT2D eigenvalue weighted by Gasteiger charge is -2.31. The second-order valence-corrected chi connectivity index (χ2v) is 10.5. The Bertz CT molecular complexity index is 970. The number of aliphatic imine (C=N–C) groups is 1. The molecule has 4 aliphatic rings. The van der Waals surface area contributed by atoms with Gasteiger partial charge in [0.2, 0.25) is 0 Å². The fourth-order valence-electron chi connectivity index (χ4n) is 6.41. The summed E-state index contributed by atoms with van der Waals surface area (Å²) in [6, 6.07) is 2.39. The summed E-state index contributed by atoms with van der Waals surface area (Å²) >= 11 is 0. The zero-order valence-corrected chi connectivity index (χ0v) is 19.5. The first-order valence-corrected chi connectivity index (χ1v) is 12.1. The molecule has 0 amide bonds. The van der Waals surface area contributed by atoms with Crippen LogP contribution in [0, 0.1) is 29.1 Å². The van der Waals surface area contributed by atoms with E-state index < -0.39 is 12.1 Å². The number of ether oxygens (including phenoxy) is 2. The maximum Gasteiger partial charge on any atom is 0.573 e. The lowest BCUT2D eigenvalue weighted by molar-refractivity contribution is -0.274. The van der Waals surface area contributed by atoms with Crippen molar-refractivity contribution in [2.24, 2.45) is 28.7 Å². The maximum atomic E-state index is 12.7. The number of nitrogens with one attached hydrogen (secondary N) is 1. The molecular formula is C24H32F3N5O2. The largest absolute Gasteiger partial charge is 0.573 e. The van der Waals surface area contributed by atoms with Gasteiger partial charge in [0.25, 0.3) is 0 Å². The van der Waals surface area contributed by atoms with Gasteiger partial charge in [0, 0.05) is 60.2 Å². The van der Waals surface area contributed by atoms with Crippen LogP contribution >= 0.6 is 0 Å². The van der Waals surface area contributed by atoms with Crippen molar-refractivity contribution in [1.82, 2.24) is 9.88 Å². The summed E-state index contributed by atoms with van der Waals surface area (Å²) < 4.78 is 47.8. The molecule has 2 bridgehead atoms. The van der Waals surface area contributed by atoms with Crippen LogP contribution in [0.15, 0.2) is 17.3 Å². The van der Waals surface area contributed by atoms with E-state index in [1.807, 2.05) is 13.8 Å². The highest BCUT2D eigenvalue weighted by atomic mass is 19.4. The van der Waals surface area contributed by atoms with Crippen molar-refractivity contribution in [3.63, 3.8) is 0 Å². The van der Waals surface area contributed by atoms with Gasteiger partial charge in [-0.15, -0.1) is 13.2 Å². The van der Waals surface area contributed by atoms with Crippen molar-refractivity contribution < 1.29 is 22.6 Å². The van der Waals surface area contributed by atoms with Gasteiger partial charge in [0.05, 0.1) is 13.2 Å². The number of halogens is 3. The number of pyridine rings is 1. The van der Waals surface area contributed by atoms with E-state index in [0.717, 1.165) is 44.4 Å². The SMILES string of the molecule is CC(C)N=C(CC(=N)c1cnc(N)c(OC(F)(F)F)c1)C1C2CC(N3CC4COCC3C4)CC21. The predicted octanol–water partition coefficient (Wildman–Crippen LogP) is 3.92. The number of fused-ring (bicyclic) bond motifs is 3. The zero-order chi connectivity index (χ0) is 24.2. The summed E-state index contributed by atoms with van der Waals surface area (Å²) in [4.78, 5) is 11.3. The number of likely N-dealkylation sites (tertiary alicyclic amines) is 1. The summed E-state index contributed by atoms with van der Waals surface area (Å²) in [6.07, 6.45) is 0.294. The Morgan fingerprint density at radius 1 is 1.26 bits per heavy atom. The molecule has 34 heavy (non-hydrogen) atoms. The first-order valence-electron chi connectivity index (χ1n) is 12.1. The second kappa shape index (κ2) is 8.78. The molecule has 2 saturated carbocycles. The molecular weight excluding hydrogens is 447 g/mol. The predicted molar refractivity (Wildman–Crippen MR) is 122 cm³/mol. The summed E-state index contributed by atoms with van der Waals surface area (Å²) in [5.74, 6) is 1.23. The highest BCUT2D eigenvalue weighted by Crippen LogP contribution is 2.60. The number of nitrogen functional groups attached to an aromatic ring is 1. The standard InChI is InChI=1S/C24H32F3N5O2/c1-12(2)31-20(7-19(28)14-4-21(23(29)30-8-14)34-24(25,26)27)22-17-5-15(6-18(17)22)32-9-13-3-16(32)11-33-10-13/h4,8,12-13,15-18,22,28H,3,5-7,9-11H2,1-2H3,(H2,29,30). The fourth-order valence-corrected chi connectivity index (χ4v) is 6.41. The van der Waals surface area contributed by atoms with Crippen molar-refractivity contribution >= 4 is 17.2 Å². The van der Waals surface area contributed by atoms with Gasteiger partial charge in [-0.3, -0.25) is 9.89 Å². The van der Waals surface area contributed by atoms with Crippen LogP contribution in [0.25, 0.3) is 0 Å². The Kier molecular flexibility index (Phi) is 6.08. The lowest BCUT2D eigenvalue weighted by atomic mass is 9.96. The van der Waals surface area contributed by atoms with Gasteiger partial charge in [0.1, 0.15) is 0 Å². The van der Waals surface area contributed by atoms with E-state index in [2.05, 4.69) is 14.6 Å². The minimum Gasteiger partial charge on any atom is -0.402 e. The van der Waals surface area contributed by atoms with E-state index in [4.69, 9.17) is 20.9 Å². The number of hydrogen-bond donors (Lipinski definition) is 2. The summed E-state index contributed by atoms with van der Waals surface area (Å²) in [6.45, 7) is 6.89. The summed E-state index contributed by atoms with van der Waals surface area (Å²) in [5, 5.41) is 8.57. The smallest absolute Gasteiger partial charge is 0.402 e. The van der Waals surface area contributed by atoms with Crippen LogP contribution in [0.1, 0.15) is 45.1 Å². The monoisotopic (exact) mass is 479 g/mol. The van der Waals surface area contributed by atoms with Gasteiger partial charge >= 0.3 is 6.36 Å². The molecule has 3 heterocycles. The van der Waals surface area contributed by atoms with Crippen molar-refractivity contribution in [3.05, 3.63) is 17.8 Å². The zero-order valence-electron chi connectivity index (χ0n) is 19.5. The van der Waals surface area contributed by atoms with Gasteiger partial charge < -0.3 is 20.6 Å². The van der Waals surface area contributed by atoms with Crippen molar-refractivity contribution in [3.8, 4) is 5.75 Å². The summed E-state index contributed by atoms with van der Waals surface area (Å²) in [7, 11) is 0. The molecule has 4 atom stereocenters. The van der Waals surface area contributed by atoms with E-state index in [9.17, 15) is 13.2 Å². The molecule has 0 spiro atoms. The molecule has 0 radical (unpaired) electrons. The van der Waals surface area contributed by atoms with Gasteiger partial charge in [0.15, 0.2) is 11.6 Å². The Morgan fingerprint density at radius 2 is 2.00 bits per heavy atom. The molecule has 186 valence electrons. The number of nitrogens with zero attached hydrogens (tertiary/aromatic N) is 3. The summed E-state index contributed by atoms with van der Waals surface area (Å²) in [5.41, 5.74) is 6.95. The van der Waals surface area contributed by atoms with Crippen LogP contribution in [0.5, 0.6) is 5.75 Å². The van der Waals surface area contributed by atoms with Crippen LogP contribution in [-0.2, 0) is 4.74 Å². The van der Waals surface area contributed by atoms with Crippen LogP contribution in [-0.4, -0.2) is 65.6 Å². The number of nitrogens with two attached hydrogens (primary N) is 1. The molecule has 2 aliphatic carbocycles. The molecule has 10 heteroatoms. The average Bonchev–Trinajstić information content (AvgIpc) is 3.09. The first kappa shape index (κ1) is 23.5. The van der Waals surface area contributed by atoms with Crippen LogP contribution in [0.4, 0.5) is 19.0 Å². The highest BCUT2D eigenvalue weighted by molar-refractivity contribution is 6.12.